The van der Waals surface area contributed by atoms with Crippen LogP contribution >= 0.6 is 0 Å². The number of carboxylic acid groups (broad SMARTS) is 1. The number of hydrogen-bond acceptors (Lipinski definition) is 2. The Hall–Kier alpha value is -1.58. The first kappa shape index (κ1) is 14.8. The second kappa shape index (κ2) is 6.73. The highest BCUT2D eigenvalue weighted by molar-refractivity contribution is 6.00. The number of Topliss-reactive ketones (excluding diaryl/α,β-unsaturated/α-hetero) is 1. The van der Waals surface area contributed by atoms with E-state index in [1.807, 2.05) is 0 Å². The molecule has 0 atom stereocenters. The molecule has 1 saturated carbocycles. The number of aromatic amines is 1. The zero-order valence-electron chi connectivity index (χ0n) is 12.0. The maximum absolute atomic E-state index is 12.3. The van der Waals surface area contributed by atoms with Crippen molar-refractivity contribution >= 4 is 11.8 Å². The van der Waals surface area contributed by atoms with Gasteiger partial charge < -0.3 is 10.1 Å². The summed E-state index contributed by atoms with van der Waals surface area (Å²) in [5, 5.41) is 8.86. The van der Waals surface area contributed by atoms with E-state index in [0.717, 1.165) is 31.6 Å². The summed E-state index contributed by atoms with van der Waals surface area (Å²) in [7, 11) is 0. The average molecular weight is 277 g/mol. The van der Waals surface area contributed by atoms with Gasteiger partial charge in [0.05, 0.1) is 0 Å². The smallest absolute Gasteiger partial charge is 0.352 e. The van der Waals surface area contributed by atoms with E-state index in [1.165, 1.54) is 31.5 Å². The van der Waals surface area contributed by atoms with E-state index < -0.39 is 5.97 Å². The summed E-state index contributed by atoms with van der Waals surface area (Å²) in [6.45, 7) is 2.21. The lowest BCUT2D eigenvalue weighted by atomic mass is 9.77. The second-order valence-electron chi connectivity index (χ2n) is 5.83. The highest BCUT2D eigenvalue weighted by atomic mass is 16.4. The SMILES string of the molecule is CCCCC1CCC(C(=O)c2c[nH]c(C(=O)O)c2)CC1. The molecule has 1 fully saturated rings. The van der Waals surface area contributed by atoms with Crippen molar-refractivity contribution in [3.63, 3.8) is 0 Å². The van der Waals surface area contributed by atoms with Crippen molar-refractivity contribution in [1.29, 1.82) is 0 Å². The van der Waals surface area contributed by atoms with Crippen molar-refractivity contribution < 1.29 is 14.7 Å². The number of hydrogen-bond donors (Lipinski definition) is 2. The van der Waals surface area contributed by atoms with E-state index in [1.54, 1.807) is 0 Å². The molecule has 0 spiro atoms. The predicted octanol–water partition coefficient (Wildman–Crippen LogP) is 3.89. The van der Waals surface area contributed by atoms with Gasteiger partial charge in [-0.3, -0.25) is 4.79 Å². The van der Waals surface area contributed by atoms with E-state index in [4.69, 9.17) is 5.11 Å². The molecule has 20 heavy (non-hydrogen) atoms. The number of aromatic carboxylic acids is 1. The van der Waals surface area contributed by atoms with Crippen LogP contribution in [0, 0.1) is 11.8 Å². The number of unbranched alkanes of at least 4 members (excludes halogenated alkanes) is 1. The number of carboxylic acids is 1. The van der Waals surface area contributed by atoms with E-state index in [2.05, 4.69) is 11.9 Å². The van der Waals surface area contributed by atoms with Crippen molar-refractivity contribution in [2.45, 2.75) is 51.9 Å². The number of carbonyl (C=O) groups excluding carboxylic acids is 1. The fraction of sp³-hybridized carbons (Fsp3) is 0.625. The number of rotatable bonds is 6. The third kappa shape index (κ3) is 3.50. The van der Waals surface area contributed by atoms with E-state index in [-0.39, 0.29) is 17.4 Å². The molecule has 0 bridgehead atoms. The Bertz CT molecular complexity index is 470. The first-order valence-electron chi connectivity index (χ1n) is 7.57. The maximum Gasteiger partial charge on any atom is 0.352 e. The fourth-order valence-electron chi connectivity index (χ4n) is 3.10. The van der Waals surface area contributed by atoms with E-state index in [0.29, 0.717) is 5.56 Å². The molecule has 2 N–H and O–H groups in total. The lowest BCUT2D eigenvalue weighted by molar-refractivity contribution is 0.0691. The van der Waals surface area contributed by atoms with Gasteiger partial charge in [-0.2, -0.15) is 0 Å². The molecule has 1 aromatic rings. The molecule has 1 aromatic heterocycles. The van der Waals surface area contributed by atoms with Gasteiger partial charge in [-0.25, -0.2) is 4.79 Å². The fourth-order valence-corrected chi connectivity index (χ4v) is 3.10. The molecule has 1 heterocycles. The lowest BCUT2D eigenvalue weighted by Gasteiger charge is -2.27. The summed E-state index contributed by atoms with van der Waals surface area (Å²) >= 11 is 0. The van der Waals surface area contributed by atoms with Crippen LogP contribution in [0.2, 0.25) is 0 Å². The normalized spacial score (nSPS) is 22.6. The summed E-state index contributed by atoms with van der Waals surface area (Å²) in [6.07, 6.45) is 9.48. The minimum Gasteiger partial charge on any atom is -0.477 e. The molecule has 0 saturated heterocycles. The number of carbonyl (C=O) groups is 2. The van der Waals surface area contributed by atoms with Gasteiger partial charge >= 0.3 is 5.97 Å². The van der Waals surface area contributed by atoms with Crippen molar-refractivity contribution in [3.8, 4) is 0 Å². The maximum atomic E-state index is 12.3. The van der Waals surface area contributed by atoms with E-state index >= 15 is 0 Å². The Kier molecular flexibility index (Phi) is 4.99. The van der Waals surface area contributed by atoms with Gasteiger partial charge in [0, 0.05) is 17.7 Å². The number of H-pyrrole nitrogens is 1. The standard InChI is InChI=1S/C16H23NO3/c1-2-3-4-11-5-7-12(8-6-11)15(18)13-9-14(16(19)20)17-10-13/h9-12,17H,2-8H2,1H3,(H,19,20). The van der Waals surface area contributed by atoms with Crippen LogP contribution in [0.3, 0.4) is 0 Å². The topological polar surface area (TPSA) is 70.2 Å². The summed E-state index contributed by atoms with van der Waals surface area (Å²) in [6, 6.07) is 1.45. The first-order valence-corrected chi connectivity index (χ1v) is 7.57. The van der Waals surface area contributed by atoms with Crippen LogP contribution < -0.4 is 0 Å². The van der Waals surface area contributed by atoms with Crippen LogP contribution in [-0.4, -0.2) is 21.8 Å². The molecule has 0 radical (unpaired) electrons. The quantitative estimate of drug-likeness (QED) is 0.775. The Morgan fingerprint density at radius 1 is 1.30 bits per heavy atom. The van der Waals surface area contributed by atoms with Crippen molar-refractivity contribution in [1.82, 2.24) is 4.98 Å². The monoisotopic (exact) mass is 277 g/mol. The highest BCUT2D eigenvalue weighted by Crippen LogP contribution is 2.33. The minimum absolute atomic E-state index is 0.0744. The van der Waals surface area contributed by atoms with Crippen LogP contribution in [0.5, 0.6) is 0 Å². The molecule has 0 unspecified atom stereocenters. The second-order valence-corrected chi connectivity index (χ2v) is 5.83. The summed E-state index contributed by atoms with van der Waals surface area (Å²) in [5.74, 6) is -0.0693. The molecular weight excluding hydrogens is 254 g/mol. The average Bonchev–Trinajstić information content (AvgIpc) is 2.95. The van der Waals surface area contributed by atoms with Crippen LogP contribution in [-0.2, 0) is 0 Å². The van der Waals surface area contributed by atoms with Gasteiger partial charge in [-0.1, -0.05) is 26.2 Å². The Morgan fingerprint density at radius 2 is 2.00 bits per heavy atom. The van der Waals surface area contributed by atoms with Crippen molar-refractivity contribution in [3.05, 3.63) is 23.5 Å². The molecule has 4 nitrogen and oxygen atoms in total. The summed E-state index contributed by atoms with van der Waals surface area (Å²) in [4.78, 5) is 25.8. The lowest BCUT2D eigenvalue weighted by Crippen LogP contribution is -2.21. The molecule has 2 rings (SSSR count). The highest BCUT2D eigenvalue weighted by Gasteiger charge is 2.27. The summed E-state index contributed by atoms with van der Waals surface area (Å²) < 4.78 is 0. The van der Waals surface area contributed by atoms with Crippen LogP contribution in [0.1, 0.15) is 72.7 Å². The van der Waals surface area contributed by atoms with Gasteiger partial charge in [-0.05, 0) is 37.7 Å². The Labute approximate surface area is 119 Å². The molecule has 110 valence electrons. The summed E-state index contributed by atoms with van der Waals surface area (Å²) in [5.41, 5.74) is 0.601. The molecule has 0 amide bonds. The molecule has 1 aliphatic rings. The van der Waals surface area contributed by atoms with Crippen LogP contribution in [0.15, 0.2) is 12.3 Å². The minimum atomic E-state index is -1.02. The van der Waals surface area contributed by atoms with Gasteiger partial charge in [0.15, 0.2) is 5.78 Å². The predicted molar refractivity (Wildman–Crippen MR) is 77.1 cm³/mol. The zero-order chi connectivity index (χ0) is 14.5. The Balaban J connectivity index is 1.89. The van der Waals surface area contributed by atoms with Crippen LogP contribution in [0.4, 0.5) is 0 Å². The molecular formula is C16H23NO3. The molecule has 0 aromatic carbocycles. The van der Waals surface area contributed by atoms with Crippen LogP contribution in [0.25, 0.3) is 0 Å². The number of ketones is 1. The van der Waals surface area contributed by atoms with Gasteiger partial charge in [0.25, 0.3) is 0 Å². The third-order valence-corrected chi connectivity index (χ3v) is 4.38. The van der Waals surface area contributed by atoms with E-state index in [9.17, 15) is 9.59 Å². The molecule has 0 aliphatic heterocycles. The Morgan fingerprint density at radius 3 is 2.55 bits per heavy atom. The number of aromatic nitrogens is 1. The van der Waals surface area contributed by atoms with Crippen molar-refractivity contribution in [2.24, 2.45) is 11.8 Å². The molecule has 4 heteroatoms. The third-order valence-electron chi connectivity index (χ3n) is 4.38. The number of nitrogens with one attached hydrogen (secondary N) is 1. The van der Waals surface area contributed by atoms with Gasteiger partial charge in [-0.15, -0.1) is 0 Å². The van der Waals surface area contributed by atoms with Gasteiger partial charge in [0.2, 0.25) is 0 Å². The van der Waals surface area contributed by atoms with Crippen molar-refractivity contribution in [2.75, 3.05) is 0 Å². The largest absolute Gasteiger partial charge is 0.477 e. The molecule has 1 aliphatic carbocycles. The zero-order valence-corrected chi connectivity index (χ0v) is 12.0. The first-order chi connectivity index (χ1) is 9.61. The van der Waals surface area contributed by atoms with Gasteiger partial charge in [0.1, 0.15) is 5.69 Å².